The van der Waals surface area contributed by atoms with Crippen LogP contribution in [0.25, 0.3) is 0 Å². The second kappa shape index (κ2) is 8.91. The second-order valence-electron chi connectivity index (χ2n) is 11.1. The van der Waals surface area contributed by atoms with Gasteiger partial charge in [0.05, 0.1) is 24.2 Å². The molecular weight excluding hydrogens is 502 g/mol. The molecule has 2 aromatic carbocycles. The van der Waals surface area contributed by atoms with Crippen molar-refractivity contribution in [2.24, 2.45) is 5.73 Å². The molecule has 6 atom stereocenters. The number of carbonyl (C=O) groups is 1. The van der Waals surface area contributed by atoms with Gasteiger partial charge in [0.1, 0.15) is 11.8 Å². The molecule has 0 saturated carbocycles. The number of nitrogens with one attached hydrogen (secondary N) is 1. The average molecular weight is 536 g/mol. The minimum atomic E-state index is -0.728. The Balaban J connectivity index is 1.58. The molecule has 6 rings (SSSR count). The molecule has 4 aliphatic heterocycles. The first kappa shape index (κ1) is 25.6. The number of rotatable bonds is 3. The molecule has 11 nitrogen and oxygen atoms in total. The molecule has 11 heteroatoms. The van der Waals surface area contributed by atoms with E-state index in [1.807, 2.05) is 13.1 Å². The van der Waals surface area contributed by atoms with Gasteiger partial charge < -0.3 is 35.8 Å². The fourth-order valence-corrected chi connectivity index (χ4v) is 7.15. The highest BCUT2D eigenvalue weighted by atomic mass is 16.7. The molecule has 0 radical (unpaired) electrons. The van der Waals surface area contributed by atoms with E-state index in [0.29, 0.717) is 52.2 Å². The third kappa shape index (κ3) is 3.48. The molecule has 4 heterocycles. The zero-order chi connectivity index (χ0) is 27.9. The Morgan fingerprint density at radius 1 is 1.15 bits per heavy atom. The van der Waals surface area contributed by atoms with E-state index in [2.05, 4.69) is 21.2 Å². The summed E-state index contributed by atoms with van der Waals surface area (Å²) in [5.41, 5.74) is 9.84. The van der Waals surface area contributed by atoms with Crippen LogP contribution in [0.4, 0.5) is 0 Å². The number of piperazine rings is 1. The predicted octanol–water partition coefficient (Wildman–Crippen LogP) is 1.38. The van der Waals surface area contributed by atoms with Crippen molar-refractivity contribution >= 4 is 5.91 Å². The number of hydrogen-bond donors (Lipinski definition) is 5. The van der Waals surface area contributed by atoms with Crippen LogP contribution in [0.2, 0.25) is 0 Å². The maximum atomic E-state index is 12.6. The number of aryl methyl sites for hydroxylation is 1. The Hall–Kier alpha value is -3.72. The number of benzene rings is 2. The summed E-state index contributed by atoms with van der Waals surface area (Å²) in [6, 6.07) is 1.58. The van der Waals surface area contributed by atoms with Gasteiger partial charge in [-0.05, 0) is 51.8 Å². The molecule has 1 saturated heterocycles. The van der Waals surface area contributed by atoms with Crippen LogP contribution in [0, 0.1) is 25.2 Å². The quantitative estimate of drug-likeness (QED) is 0.363. The summed E-state index contributed by atoms with van der Waals surface area (Å²) >= 11 is 0. The maximum absolute atomic E-state index is 12.6. The van der Waals surface area contributed by atoms with E-state index in [-0.39, 0.29) is 54.6 Å². The minimum absolute atomic E-state index is 0.00392. The van der Waals surface area contributed by atoms with Gasteiger partial charge in [0.25, 0.3) is 0 Å². The number of carbonyl (C=O) groups excluding carboxylic acids is 1. The van der Waals surface area contributed by atoms with Crippen molar-refractivity contribution in [3.05, 3.63) is 39.4 Å². The van der Waals surface area contributed by atoms with Crippen LogP contribution in [0.15, 0.2) is 6.07 Å². The number of nitriles is 1. The van der Waals surface area contributed by atoms with Crippen LogP contribution < -0.4 is 20.5 Å². The highest BCUT2D eigenvalue weighted by molar-refractivity contribution is 5.81. The fraction of sp³-hybridized carbons (Fsp3) is 0.500. The van der Waals surface area contributed by atoms with Crippen molar-refractivity contribution in [2.75, 3.05) is 20.4 Å². The van der Waals surface area contributed by atoms with Crippen molar-refractivity contribution in [2.45, 2.75) is 69.9 Å². The number of amides is 1. The second-order valence-corrected chi connectivity index (χ2v) is 11.1. The molecule has 0 aromatic heterocycles. The van der Waals surface area contributed by atoms with E-state index in [1.165, 1.54) is 0 Å². The van der Waals surface area contributed by atoms with Gasteiger partial charge in [0.15, 0.2) is 23.0 Å². The number of hydrogen-bond acceptors (Lipinski definition) is 10. The summed E-state index contributed by atoms with van der Waals surface area (Å²) < 4.78 is 11.6. The molecule has 0 aliphatic carbocycles. The Morgan fingerprint density at radius 2 is 1.87 bits per heavy atom. The molecule has 6 N–H and O–H groups in total. The number of phenolic OH excluding ortho intramolecular Hbond substituents is 3. The van der Waals surface area contributed by atoms with Gasteiger partial charge in [0, 0.05) is 40.9 Å². The zero-order valence-electron chi connectivity index (χ0n) is 22.4. The number of aromatic hydroxyl groups is 3. The third-order valence-electron chi connectivity index (χ3n) is 9.00. The van der Waals surface area contributed by atoms with Gasteiger partial charge in [0.2, 0.25) is 12.7 Å². The SMILES string of the molecule is Cc1cc2c(c(O)c1O)[C@H]1C3Cc4c(O)c(C)c5c(c4[C@H](CNC(=O)[C@H](C)N)N3[C@@H](C#N)[C@H](C2)N1C)OCO5. The summed E-state index contributed by atoms with van der Waals surface area (Å²) in [6.45, 7) is 5.25. The predicted molar refractivity (Wildman–Crippen MR) is 140 cm³/mol. The molecule has 206 valence electrons. The van der Waals surface area contributed by atoms with Gasteiger partial charge in [-0.2, -0.15) is 5.26 Å². The van der Waals surface area contributed by atoms with Gasteiger partial charge >= 0.3 is 0 Å². The first-order valence-corrected chi connectivity index (χ1v) is 13.2. The van der Waals surface area contributed by atoms with E-state index in [9.17, 15) is 25.4 Å². The van der Waals surface area contributed by atoms with E-state index >= 15 is 0 Å². The lowest BCUT2D eigenvalue weighted by Crippen LogP contribution is -2.68. The van der Waals surface area contributed by atoms with Crippen LogP contribution in [0.5, 0.6) is 28.7 Å². The normalized spacial score (nSPS) is 27.6. The highest BCUT2D eigenvalue weighted by Gasteiger charge is 2.56. The van der Waals surface area contributed by atoms with Gasteiger partial charge in [-0.15, -0.1) is 0 Å². The number of phenols is 3. The number of likely N-dealkylation sites (N-methyl/N-ethyl adjacent to an activating group) is 1. The molecule has 1 amide bonds. The van der Waals surface area contributed by atoms with E-state index in [0.717, 1.165) is 5.56 Å². The number of nitrogens with zero attached hydrogens (tertiary/aromatic N) is 3. The van der Waals surface area contributed by atoms with Crippen LogP contribution in [-0.2, 0) is 17.6 Å². The smallest absolute Gasteiger partial charge is 0.236 e. The Kier molecular flexibility index (Phi) is 5.84. The Labute approximate surface area is 226 Å². The topological polar surface area (TPSA) is 165 Å². The summed E-state index contributed by atoms with van der Waals surface area (Å²) in [6.07, 6.45) is 0.852. The van der Waals surface area contributed by atoms with Crippen LogP contribution in [0.1, 0.15) is 52.4 Å². The summed E-state index contributed by atoms with van der Waals surface area (Å²) in [4.78, 5) is 16.8. The van der Waals surface area contributed by atoms with E-state index < -0.39 is 18.1 Å². The Bertz CT molecular complexity index is 1440. The van der Waals surface area contributed by atoms with Gasteiger partial charge in [-0.3, -0.25) is 14.6 Å². The largest absolute Gasteiger partial charge is 0.507 e. The van der Waals surface area contributed by atoms with Gasteiger partial charge in [-0.1, -0.05) is 6.07 Å². The molecule has 1 fully saturated rings. The summed E-state index contributed by atoms with van der Waals surface area (Å²) in [5, 5.41) is 46.7. The monoisotopic (exact) mass is 535 g/mol. The maximum Gasteiger partial charge on any atom is 0.236 e. The summed E-state index contributed by atoms with van der Waals surface area (Å²) in [7, 11) is 1.93. The number of ether oxygens (including phenoxy) is 2. The van der Waals surface area contributed by atoms with Crippen LogP contribution in [-0.4, -0.2) is 75.6 Å². The number of fused-ring (bicyclic) bond motifs is 9. The van der Waals surface area contributed by atoms with Crippen molar-refractivity contribution < 1.29 is 29.6 Å². The molecule has 2 aromatic rings. The van der Waals surface area contributed by atoms with E-state index in [1.54, 1.807) is 20.8 Å². The molecule has 39 heavy (non-hydrogen) atoms. The fourth-order valence-electron chi connectivity index (χ4n) is 7.15. The lowest BCUT2D eigenvalue weighted by molar-refractivity contribution is -0.123. The molecule has 1 unspecified atom stereocenters. The molecular formula is C28H33N5O6. The molecule has 0 spiro atoms. The first-order valence-electron chi connectivity index (χ1n) is 13.2. The Morgan fingerprint density at radius 3 is 2.56 bits per heavy atom. The van der Waals surface area contributed by atoms with Crippen molar-refractivity contribution in [3.8, 4) is 34.8 Å². The van der Waals surface area contributed by atoms with Crippen LogP contribution >= 0.6 is 0 Å². The average Bonchev–Trinajstić information content (AvgIpc) is 3.39. The zero-order valence-corrected chi connectivity index (χ0v) is 22.4. The van der Waals surface area contributed by atoms with Crippen molar-refractivity contribution in [1.82, 2.24) is 15.1 Å². The lowest BCUT2D eigenvalue weighted by atomic mass is 9.71. The third-order valence-corrected chi connectivity index (χ3v) is 9.00. The molecule has 2 bridgehead atoms. The first-order chi connectivity index (χ1) is 18.6. The summed E-state index contributed by atoms with van der Waals surface area (Å²) in [5.74, 6) is 0.399. The van der Waals surface area contributed by atoms with E-state index in [4.69, 9.17) is 15.2 Å². The molecule has 4 aliphatic rings. The van der Waals surface area contributed by atoms with Crippen molar-refractivity contribution in [1.29, 1.82) is 5.26 Å². The standard InChI is InChI=1S/C28H33N5O6/c1-11-5-14-6-16-18(8-29)33-17(22(32(16)4)20(14)25(36)23(11)34)7-15-21(19(33)9-31-28(37)13(3)30)27-26(38-10-39-27)12(2)24(15)35/h5,13,16-19,22,34-36H,6-7,9-10,30H2,1-4H3,(H,31,37)/t13-,16-,17?,18-,19-,22+/m0/s1. The highest BCUT2D eigenvalue weighted by Crippen LogP contribution is 2.57. The lowest BCUT2D eigenvalue weighted by Gasteiger charge is -2.60. The van der Waals surface area contributed by atoms with Gasteiger partial charge in [-0.25, -0.2) is 0 Å². The number of nitrogens with two attached hydrogens (primary N) is 1. The van der Waals surface area contributed by atoms with Crippen LogP contribution in [0.3, 0.4) is 0 Å². The van der Waals surface area contributed by atoms with Crippen molar-refractivity contribution in [3.63, 3.8) is 0 Å². The minimum Gasteiger partial charge on any atom is -0.507 e.